The van der Waals surface area contributed by atoms with Crippen molar-refractivity contribution in [2.45, 2.75) is 36.6 Å². The van der Waals surface area contributed by atoms with Crippen LogP contribution >= 0.6 is 0 Å². The molecule has 3 rings (SSSR count). The highest BCUT2D eigenvalue weighted by molar-refractivity contribution is 7.90. The van der Waals surface area contributed by atoms with Crippen LogP contribution in [-0.4, -0.2) is 34.1 Å². The van der Waals surface area contributed by atoms with Gasteiger partial charge in [0.2, 0.25) is 6.79 Å². The van der Waals surface area contributed by atoms with Gasteiger partial charge < -0.3 is 14.8 Å². The first-order valence-electron chi connectivity index (χ1n) is 6.90. The molecule has 5 nitrogen and oxygen atoms in total. The molecular formula is C14H19NO4S. The Kier molecular flexibility index (Phi) is 3.60. The van der Waals surface area contributed by atoms with Crippen molar-refractivity contribution in [1.82, 2.24) is 5.32 Å². The molecule has 1 aromatic rings. The molecule has 1 aromatic carbocycles. The van der Waals surface area contributed by atoms with Gasteiger partial charge in [-0.1, -0.05) is 6.42 Å². The van der Waals surface area contributed by atoms with E-state index in [0.29, 0.717) is 28.9 Å². The highest BCUT2D eigenvalue weighted by atomic mass is 32.2. The Balaban J connectivity index is 1.95. The SMILES string of the molecule is CS(=O)(=O)c1cc2c(cc1CC1CCCCN1)OCO2. The third-order valence-corrected chi connectivity index (χ3v) is 5.01. The minimum Gasteiger partial charge on any atom is -0.454 e. The topological polar surface area (TPSA) is 64.6 Å². The van der Waals surface area contributed by atoms with Crippen LogP contribution in [0.2, 0.25) is 0 Å². The number of hydrogen-bond acceptors (Lipinski definition) is 5. The maximum Gasteiger partial charge on any atom is 0.231 e. The second-order valence-corrected chi connectivity index (χ2v) is 7.42. The summed E-state index contributed by atoms with van der Waals surface area (Å²) >= 11 is 0. The predicted molar refractivity (Wildman–Crippen MR) is 75.0 cm³/mol. The van der Waals surface area contributed by atoms with Crippen LogP contribution in [0.1, 0.15) is 24.8 Å². The third-order valence-electron chi connectivity index (χ3n) is 3.83. The van der Waals surface area contributed by atoms with Crippen LogP contribution in [0, 0.1) is 0 Å². The van der Waals surface area contributed by atoms with E-state index in [0.717, 1.165) is 18.5 Å². The Morgan fingerprint density at radius 3 is 2.65 bits per heavy atom. The summed E-state index contributed by atoms with van der Waals surface area (Å²) in [6.45, 7) is 1.16. The van der Waals surface area contributed by atoms with E-state index in [4.69, 9.17) is 9.47 Å². The maximum absolute atomic E-state index is 12.0. The lowest BCUT2D eigenvalue weighted by atomic mass is 9.97. The summed E-state index contributed by atoms with van der Waals surface area (Å²) in [6.07, 6.45) is 5.41. The number of fused-ring (bicyclic) bond motifs is 1. The molecule has 2 aliphatic rings. The van der Waals surface area contributed by atoms with E-state index in [1.807, 2.05) is 6.07 Å². The molecule has 20 heavy (non-hydrogen) atoms. The van der Waals surface area contributed by atoms with Crippen LogP contribution in [0.3, 0.4) is 0 Å². The van der Waals surface area contributed by atoms with E-state index in [1.165, 1.54) is 19.1 Å². The highest BCUT2D eigenvalue weighted by Crippen LogP contribution is 2.37. The van der Waals surface area contributed by atoms with Crippen molar-refractivity contribution in [3.05, 3.63) is 17.7 Å². The summed E-state index contributed by atoms with van der Waals surface area (Å²) < 4.78 is 34.6. The fourth-order valence-electron chi connectivity index (χ4n) is 2.83. The number of piperidine rings is 1. The Hall–Kier alpha value is -1.27. The average Bonchev–Trinajstić information content (AvgIpc) is 2.85. The summed E-state index contributed by atoms with van der Waals surface area (Å²) in [6, 6.07) is 3.75. The number of rotatable bonds is 3. The lowest BCUT2D eigenvalue weighted by Gasteiger charge is -2.24. The fourth-order valence-corrected chi connectivity index (χ4v) is 3.77. The zero-order valence-corrected chi connectivity index (χ0v) is 12.3. The Labute approximate surface area is 119 Å². The number of benzene rings is 1. The van der Waals surface area contributed by atoms with Crippen molar-refractivity contribution >= 4 is 9.84 Å². The molecule has 110 valence electrons. The van der Waals surface area contributed by atoms with Gasteiger partial charge in [0.1, 0.15) is 0 Å². The van der Waals surface area contributed by atoms with Crippen LogP contribution in [0.15, 0.2) is 17.0 Å². The number of sulfone groups is 1. The lowest BCUT2D eigenvalue weighted by molar-refractivity contribution is 0.174. The molecule has 2 heterocycles. The van der Waals surface area contributed by atoms with E-state index in [2.05, 4.69) is 5.32 Å². The first-order chi connectivity index (χ1) is 9.54. The normalized spacial score (nSPS) is 21.9. The Morgan fingerprint density at radius 1 is 1.25 bits per heavy atom. The summed E-state index contributed by atoms with van der Waals surface area (Å²) in [5.41, 5.74) is 0.816. The third kappa shape index (κ3) is 2.76. The monoisotopic (exact) mass is 297 g/mol. The summed E-state index contributed by atoms with van der Waals surface area (Å²) in [5, 5.41) is 3.45. The van der Waals surface area contributed by atoms with E-state index in [9.17, 15) is 8.42 Å². The van der Waals surface area contributed by atoms with Gasteiger partial charge in [-0.3, -0.25) is 0 Å². The van der Waals surface area contributed by atoms with Crippen LogP contribution in [-0.2, 0) is 16.3 Å². The zero-order valence-electron chi connectivity index (χ0n) is 11.5. The molecular weight excluding hydrogens is 278 g/mol. The van der Waals surface area contributed by atoms with Crippen molar-refractivity contribution in [3.63, 3.8) is 0 Å². The van der Waals surface area contributed by atoms with Crippen molar-refractivity contribution in [2.24, 2.45) is 0 Å². The van der Waals surface area contributed by atoms with Gasteiger partial charge in [0.15, 0.2) is 21.3 Å². The van der Waals surface area contributed by atoms with Gasteiger partial charge in [-0.25, -0.2) is 8.42 Å². The van der Waals surface area contributed by atoms with Gasteiger partial charge in [-0.05, 0) is 37.4 Å². The van der Waals surface area contributed by atoms with Crippen molar-refractivity contribution < 1.29 is 17.9 Å². The quantitative estimate of drug-likeness (QED) is 0.916. The molecule has 1 unspecified atom stereocenters. The molecule has 0 bridgehead atoms. The molecule has 0 aliphatic carbocycles. The van der Waals surface area contributed by atoms with E-state index < -0.39 is 9.84 Å². The standard InChI is InChI=1S/C14H19NO4S/c1-20(16,17)14-8-13-12(18-9-19-13)7-10(14)6-11-4-2-3-5-15-11/h7-8,11,15H,2-6,9H2,1H3. The predicted octanol–water partition coefficient (Wildman–Crippen LogP) is 1.50. The van der Waals surface area contributed by atoms with Crippen molar-refractivity contribution in [3.8, 4) is 11.5 Å². The minimum atomic E-state index is -3.27. The second kappa shape index (κ2) is 5.26. The van der Waals surface area contributed by atoms with Gasteiger partial charge in [-0.15, -0.1) is 0 Å². The molecule has 1 fully saturated rings. The van der Waals surface area contributed by atoms with Crippen LogP contribution < -0.4 is 14.8 Å². The molecule has 1 N–H and O–H groups in total. The second-order valence-electron chi connectivity index (χ2n) is 5.44. The fraction of sp³-hybridized carbons (Fsp3) is 0.571. The number of nitrogens with one attached hydrogen (secondary N) is 1. The van der Waals surface area contributed by atoms with Crippen molar-refractivity contribution in [1.29, 1.82) is 0 Å². The van der Waals surface area contributed by atoms with Gasteiger partial charge in [0.25, 0.3) is 0 Å². The van der Waals surface area contributed by atoms with Crippen LogP contribution in [0.4, 0.5) is 0 Å². The molecule has 6 heteroatoms. The molecule has 1 saturated heterocycles. The van der Waals surface area contributed by atoms with Gasteiger partial charge in [0, 0.05) is 18.4 Å². The molecule has 0 radical (unpaired) electrons. The van der Waals surface area contributed by atoms with Crippen LogP contribution in [0.25, 0.3) is 0 Å². The van der Waals surface area contributed by atoms with Gasteiger partial charge in [-0.2, -0.15) is 0 Å². The van der Waals surface area contributed by atoms with E-state index >= 15 is 0 Å². The summed E-state index contributed by atoms with van der Waals surface area (Å²) in [5.74, 6) is 1.16. The van der Waals surface area contributed by atoms with Gasteiger partial charge in [0.05, 0.1) is 4.90 Å². The van der Waals surface area contributed by atoms with Crippen LogP contribution in [0.5, 0.6) is 11.5 Å². The molecule has 0 amide bonds. The molecule has 1 atom stereocenters. The summed E-state index contributed by atoms with van der Waals surface area (Å²) in [7, 11) is -3.27. The Morgan fingerprint density at radius 2 is 2.00 bits per heavy atom. The molecule has 0 aromatic heterocycles. The van der Waals surface area contributed by atoms with Crippen molar-refractivity contribution in [2.75, 3.05) is 19.6 Å². The highest BCUT2D eigenvalue weighted by Gasteiger charge is 2.24. The maximum atomic E-state index is 12.0. The number of hydrogen-bond donors (Lipinski definition) is 1. The zero-order chi connectivity index (χ0) is 14.2. The molecule has 0 spiro atoms. The van der Waals surface area contributed by atoms with E-state index in [1.54, 1.807) is 6.07 Å². The Bertz CT molecular complexity index is 606. The first kappa shape index (κ1) is 13.7. The van der Waals surface area contributed by atoms with Gasteiger partial charge >= 0.3 is 0 Å². The molecule has 2 aliphatic heterocycles. The average molecular weight is 297 g/mol. The molecule has 0 saturated carbocycles. The minimum absolute atomic E-state index is 0.156. The number of ether oxygens (including phenoxy) is 2. The smallest absolute Gasteiger partial charge is 0.231 e. The summed E-state index contributed by atoms with van der Waals surface area (Å²) in [4.78, 5) is 0.356. The lowest BCUT2D eigenvalue weighted by Crippen LogP contribution is -2.35. The largest absolute Gasteiger partial charge is 0.454 e. The first-order valence-corrected chi connectivity index (χ1v) is 8.79. The van der Waals surface area contributed by atoms with E-state index in [-0.39, 0.29) is 6.79 Å².